The smallest absolute Gasteiger partial charge is 0.232 e. The molecule has 0 unspecified atom stereocenters. The summed E-state index contributed by atoms with van der Waals surface area (Å²) in [4.78, 5) is 0. The van der Waals surface area contributed by atoms with E-state index in [1.807, 2.05) is 24.3 Å². The Hall–Kier alpha value is -0.740. The minimum Gasteiger partial charge on any atom is -0.494 e. The first-order valence-electron chi connectivity index (χ1n) is 5.15. The first-order valence-corrected chi connectivity index (χ1v) is 7.63. The molecule has 0 saturated carbocycles. The van der Waals surface area contributed by atoms with E-state index in [1.54, 1.807) is 0 Å². The van der Waals surface area contributed by atoms with Gasteiger partial charge < -0.3 is 4.74 Å². The third-order valence-corrected chi connectivity index (χ3v) is 3.35. The number of hydrogen-bond acceptors (Lipinski definition) is 3. The standard InChI is InChI=1S/C11H15ClO3S/c1-2-10-5-3-6-11(9-10)15-7-4-8-16(12,13)14/h3,5-6,9H,2,4,7-8H2,1H3. The maximum atomic E-state index is 10.7. The summed E-state index contributed by atoms with van der Waals surface area (Å²) in [5.74, 6) is 0.716. The van der Waals surface area contributed by atoms with Crippen LogP contribution in [0.25, 0.3) is 0 Å². The molecule has 0 aliphatic heterocycles. The van der Waals surface area contributed by atoms with Gasteiger partial charge in [0, 0.05) is 10.7 Å². The summed E-state index contributed by atoms with van der Waals surface area (Å²) in [6.07, 6.45) is 1.36. The fourth-order valence-electron chi connectivity index (χ4n) is 1.28. The van der Waals surface area contributed by atoms with Crippen LogP contribution in [0.4, 0.5) is 0 Å². The number of rotatable bonds is 6. The molecule has 5 heteroatoms. The molecule has 0 N–H and O–H groups in total. The van der Waals surface area contributed by atoms with Crippen LogP contribution < -0.4 is 4.74 Å². The van der Waals surface area contributed by atoms with Crippen molar-refractivity contribution >= 4 is 19.7 Å². The van der Waals surface area contributed by atoms with E-state index in [2.05, 4.69) is 6.92 Å². The molecule has 0 aliphatic carbocycles. The van der Waals surface area contributed by atoms with Crippen molar-refractivity contribution in [3.8, 4) is 5.75 Å². The molecule has 1 aromatic rings. The average Bonchev–Trinajstić information content (AvgIpc) is 2.23. The quantitative estimate of drug-likeness (QED) is 0.585. The first-order chi connectivity index (χ1) is 7.51. The van der Waals surface area contributed by atoms with Crippen molar-refractivity contribution < 1.29 is 13.2 Å². The van der Waals surface area contributed by atoms with Crippen LogP contribution in [-0.2, 0) is 15.5 Å². The normalized spacial score (nSPS) is 11.4. The number of ether oxygens (including phenoxy) is 1. The topological polar surface area (TPSA) is 43.4 Å². The number of aryl methyl sites for hydroxylation is 1. The minimum absolute atomic E-state index is 0.0535. The zero-order valence-corrected chi connectivity index (χ0v) is 10.7. The predicted molar refractivity (Wildman–Crippen MR) is 65.6 cm³/mol. The molecule has 0 radical (unpaired) electrons. The zero-order chi connectivity index (χ0) is 12.0. The van der Waals surface area contributed by atoms with Crippen molar-refractivity contribution in [1.82, 2.24) is 0 Å². The average molecular weight is 263 g/mol. The van der Waals surface area contributed by atoms with Crippen LogP contribution in [0.1, 0.15) is 18.9 Å². The van der Waals surface area contributed by atoms with E-state index in [1.165, 1.54) is 5.56 Å². The molecular formula is C11H15ClO3S. The molecule has 0 saturated heterocycles. The van der Waals surface area contributed by atoms with Gasteiger partial charge in [0.05, 0.1) is 12.4 Å². The SMILES string of the molecule is CCc1cccc(OCCCS(=O)(=O)Cl)c1. The van der Waals surface area contributed by atoms with E-state index in [0.717, 1.165) is 12.2 Å². The lowest BCUT2D eigenvalue weighted by molar-refractivity contribution is 0.317. The van der Waals surface area contributed by atoms with Crippen LogP contribution in [0.15, 0.2) is 24.3 Å². The van der Waals surface area contributed by atoms with Gasteiger partial charge in [-0.3, -0.25) is 0 Å². The summed E-state index contributed by atoms with van der Waals surface area (Å²) >= 11 is 0. The molecule has 0 amide bonds. The van der Waals surface area contributed by atoms with Crippen LogP contribution in [0.2, 0.25) is 0 Å². The molecule has 0 aliphatic rings. The summed E-state index contributed by atoms with van der Waals surface area (Å²) in [5, 5.41) is 0. The van der Waals surface area contributed by atoms with Crippen LogP contribution >= 0.6 is 10.7 Å². The third kappa shape index (κ3) is 5.37. The third-order valence-electron chi connectivity index (χ3n) is 2.11. The van der Waals surface area contributed by atoms with Crippen LogP contribution in [0.3, 0.4) is 0 Å². The molecule has 90 valence electrons. The number of hydrogen-bond donors (Lipinski definition) is 0. The second-order valence-electron chi connectivity index (χ2n) is 3.45. The second kappa shape index (κ2) is 6.11. The van der Waals surface area contributed by atoms with Gasteiger partial charge in [0.2, 0.25) is 9.05 Å². The Morgan fingerprint density at radius 2 is 2.12 bits per heavy atom. The molecule has 1 rings (SSSR count). The lowest BCUT2D eigenvalue weighted by atomic mass is 10.2. The number of halogens is 1. The van der Waals surface area contributed by atoms with Gasteiger partial charge in [-0.2, -0.15) is 0 Å². The zero-order valence-electron chi connectivity index (χ0n) is 9.15. The number of benzene rings is 1. The fraction of sp³-hybridized carbons (Fsp3) is 0.455. The summed E-state index contributed by atoms with van der Waals surface area (Å²) in [7, 11) is 1.68. The Labute approximate surface area is 101 Å². The van der Waals surface area contributed by atoms with Crippen LogP contribution in [0.5, 0.6) is 5.75 Å². The maximum absolute atomic E-state index is 10.7. The minimum atomic E-state index is -3.40. The van der Waals surface area contributed by atoms with Gasteiger partial charge in [-0.25, -0.2) is 8.42 Å². The highest BCUT2D eigenvalue weighted by Crippen LogP contribution is 2.14. The highest BCUT2D eigenvalue weighted by atomic mass is 35.7. The molecule has 0 heterocycles. The highest BCUT2D eigenvalue weighted by molar-refractivity contribution is 8.13. The lowest BCUT2D eigenvalue weighted by Crippen LogP contribution is -2.04. The van der Waals surface area contributed by atoms with E-state index in [4.69, 9.17) is 15.4 Å². The summed E-state index contributed by atoms with van der Waals surface area (Å²) < 4.78 is 26.7. The Morgan fingerprint density at radius 1 is 1.38 bits per heavy atom. The maximum Gasteiger partial charge on any atom is 0.232 e. The van der Waals surface area contributed by atoms with E-state index < -0.39 is 9.05 Å². The van der Waals surface area contributed by atoms with Crippen molar-refractivity contribution in [1.29, 1.82) is 0 Å². The van der Waals surface area contributed by atoms with Crippen molar-refractivity contribution in [2.45, 2.75) is 19.8 Å². The summed E-state index contributed by atoms with van der Waals surface area (Å²) in [6, 6.07) is 7.76. The van der Waals surface area contributed by atoms with Crippen molar-refractivity contribution in [2.75, 3.05) is 12.4 Å². The van der Waals surface area contributed by atoms with Gasteiger partial charge in [0.15, 0.2) is 0 Å². The molecule has 0 atom stereocenters. The van der Waals surface area contributed by atoms with Gasteiger partial charge >= 0.3 is 0 Å². The molecule has 3 nitrogen and oxygen atoms in total. The Bertz CT molecular complexity index is 429. The van der Waals surface area contributed by atoms with Crippen molar-refractivity contribution in [3.63, 3.8) is 0 Å². The van der Waals surface area contributed by atoms with Gasteiger partial charge in [0.25, 0.3) is 0 Å². The van der Waals surface area contributed by atoms with Gasteiger partial charge in [-0.05, 0) is 30.5 Å². The highest BCUT2D eigenvalue weighted by Gasteiger charge is 2.04. The van der Waals surface area contributed by atoms with E-state index in [-0.39, 0.29) is 5.75 Å². The van der Waals surface area contributed by atoms with Crippen molar-refractivity contribution in [3.05, 3.63) is 29.8 Å². The van der Waals surface area contributed by atoms with Crippen molar-refractivity contribution in [2.24, 2.45) is 0 Å². The molecule has 0 spiro atoms. The summed E-state index contributed by atoms with van der Waals surface area (Å²) in [5.41, 5.74) is 1.20. The summed E-state index contributed by atoms with van der Waals surface area (Å²) in [6.45, 7) is 2.43. The van der Waals surface area contributed by atoms with E-state index in [9.17, 15) is 8.42 Å². The monoisotopic (exact) mass is 262 g/mol. The van der Waals surface area contributed by atoms with Gasteiger partial charge in [0.1, 0.15) is 5.75 Å². The molecule has 0 bridgehead atoms. The predicted octanol–water partition coefficient (Wildman–Crippen LogP) is 2.59. The van der Waals surface area contributed by atoms with Gasteiger partial charge in [-0.1, -0.05) is 19.1 Å². The molecule has 1 aromatic carbocycles. The van der Waals surface area contributed by atoms with Crippen LogP contribution in [0, 0.1) is 0 Å². The van der Waals surface area contributed by atoms with Crippen LogP contribution in [-0.4, -0.2) is 20.8 Å². The van der Waals surface area contributed by atoms with E-state index in [0.29, 0.717) is 13.0 Å². The fourth-order valence-corrected chi connectivity index (χ4v) is 2.07. The molecular weight excluding hydrogens is 248 g/mol. The Morgan fingerprint density at radius 3 is 2.75 bits per heavy atom. The van der Waals surface area contributed by atoms with E-state index >= 15 is 0 Å². The van der Waals surface area contributed by atoms with Gasteiger partial charge in [-0.15, -0.1) is 0 Å². The second-order valence-corrected chi connectivity index (χ2v) is 6.34. The largest absolute Gasteiger partial charge is 0.494 e. The first kappa shape index (κ1) is 13.3. The molecule has 0 fully saturated rings. The lowest BCUT2D eigenvalue weighted by Gasteiger charge is -2.06. The molecule has 16 heavy (non-hydrogen) atoms. The molecule has 0 aromatic heterocycles. The Balaban J connectivity index is 2.37. The Kier molecular flexibility index (Phi) is 5.09.